The van der Waals surface area contributed by atoms with E-state index in [9.17, 15) is 4.79 Å². The summed E-state index contributed by atoms with van der Waals surface area (Å²) < 4.78 is 1.71. The highest BCUT2D eigenvalue weighted by Crippen LogP contribution is 2.38. The first-order chi connectivity index (χ1) is 11.7. The monoisotopic (exact) mass is 345 g/mol. The predicted molar refractivity (Wildman–Crippen MR) is 92.4 cm³/mol. The minimum absolute atomic E-state index is 0.0110. The molecule has 7 heteroatoms. The minimum atomic E-state index is 0.0110. The molecular formula is C17H20ClN5O. The third-order valence-corrected chi connectivity index (χ3v) is 5.03. The molecule has 0 aliphatic heterocycles. The molecule has 2 aromatic rings. The Morgan fingerprint density at radius 3 is 2.42 bits per heavy atom. The molecule has 0 bridgehead atoms. The van der Waals surface area contributed by atoms with E-state index in [2.05, 4.69) is 20.4 Å². The van der Waals surface area contributed by atoms with Crippen molar-refractivity contribution in [2.24, 2.45) is 0 Å². The Labute approximate surface area is 145 Å². The van der Waals surface area contributed by atoms with Crippen LogP contribution < -0.4 is 10.9 Å². The predicted octanol–water partition coefficient (Wildman–Crippen LogP) is 3.16. The summed E-state index contributed by atoms with van der Waals surface area (Å²) in [6, 6.07) is 4.08. The van der Waals surface area contributed by atoms with Gasteiger partial charge in [0.1, 0.15) is 0 Å². The molecule has 2 heterocycles. The van der Waals surface area contributed by atoms with Crippen molar-refractivity contribution in [3.8, 4) is 0 Å². The van der Waals surface area contributed by atoms with Gasteiger partial charge in [0.15, 0.2) is 0 Å². The number of hydrogen-bond acceptors (Lipinski definition) is 5. The van der Waals surface area contributed by atoms with Crippen LogP contribution in [0.15, 0.2) is 29.3 Å². The van der Waals surface area contributed by atoms with Crippen molar-refractivity contribution >= 4 is 17.5 Å². The maximum absolute atomic E-state index is 12.2. The second-order valence-corrected chi connectivity index (χ2v) is 7.13. The normalized spacial score (nSPS) is 23.9. The van der Waals surface area contributed by atoms with Gasteiger partial charge in [-0.2, -0.15) is 5.10 Å². The quantitative estimate of drug-likeness (QED) is 0.921. The van der Waals surface area contributed by atoms with E-state index in [1.54, 1.807) is 23.1 Å². The van der Waals surface area contributed by atoms with Crippen LogP contribution in [0, 0.1) is 0 Å². The van der Waals surface area contributed by atoms with Crippen LogP contribution in [0.2, 0.25) is 5.02 Å². The number of hydrogen-bond donors (Lipinski definition) is 1. The molecule has 0 unspecified atom stereocenters. The van der Waals surface area contributed by atoms with Gasteiger partial charge in [-0.1, -0.05) is 11.6 Å². The molecule has 2 aliphatic rings. The van der Waals surface area contributed by atoms with E-state index in [1.165, 1.54) is 12.8 Å². The first kappa shape index (κ1) is 15.6. The van der Waals surface area contributed by atoms with Gasteiger partial charge in [-0.15, -0.1) is 0 Å². The van der Waals surface area contributed by atoms with Crippen molar-refractivity contribution in [3.63, 3.8) is 0 Å². The lowest BCUT2D eigenvalue weighted by Gasteiger charge is -2.29. The molecule has 0 radical (unpaired) electrons. The third-order valence-electron chi connectivity index (χ3n) is 4.84. The fraction of sp³-hybridized carbons (Fsp3) is 0.529. The highest BCUT2D eigenvalue weighted by molar-refractivity contribution is 6.30. The molecule has 2 saturated carbocycles. The third kappa shape index (κ3) is 3.43. The fourth-order valence-electron chi connectivity index (χ4n) is 3.33. The molecule has 0 aromatic carbocycles. The molecular weight excluding hydrogens is 326 g/mol. The van der Waals surface area contributed by atoms with Crippen LogP contribution in [0.3, 0.4) is 0 Å². The molecule has 0 saturated heterocycles. The maximum Gasteiger partial charge on any atom is 0.267 e. The summed E-state index contributed by atoms with van der Waals surface area (Å²) in [5.74, 6) is 1.17. The molecule has 2 aliphatic carbocycles. The minimum Gasteiger partial charge on any atom is -0.351 e. The van der Waals surface area contributed by atoms with Crippen LogP contribution in [0.5, 0.6) is 0 Å². The van der Waals surface area contributed by atoms with E-state index in [0.717, 1.165) is 31.4 Å². The molecule has 1 N–H and O–H groups in total. The first-order valence-corrected chi connectivity index (χ1v) is 8.90. The Bertz CT molecular complexity index is 763. The summed E-state index contributed by atoms with van der Waals surface area (Å²) in [4.78, 5) is 20.5. The van der Waals surface area contributed by atoms with Gasteiger partial charge < -0.3 is 5.32 Å². The van der Waals surface area contributed by atoms with Gasteiger partial charge in [0.2, 0.25) is 5.95 Å². The molecule has 0 amide bonds. The van der Waals surface area contributed by atoms with E-state index >= 15 is 0 Å². The van der Waals surface area contributed by atoms with E-state index in [0.29, 0.717) is 22.9 Å². The Balaban J connectivity index is 1.40. The molecule has 4 rings (SSSR count). The van der Waals surface area contributed by atoms with Crippen LogP contribution in [0.1, 0.15) is 56.2 Å². The van der Waals surface area contributed by atoms with E-state index < -0.39 is 0 Å². The van der Waals surface area contributed by atoms with Gasteiger partial charge in [-0.25, -0.2) is 14.6 Å². The van der Waals surface area contributed by atoms with E-state index in [4.69, 9.17) is 11.6 Å². The summed E-state index contributed by atoms with van der Waals surface area (Å²) in [7, 11) is 0. The summed E-state index contributed by atoms with van der Waals surface area (Å²) in [6.07, 6.45) is 9.39. The second-order valence-electron chi connectivity index (χ2n) is 6.69. The molecule has 0 atom stereocenters. The highest BCUT2D eigenvalue weighted by atomic mass is 35.5. The van der Waals surface area contributed by atoms with Crippen molar-refractivity contribution in [1.82, 2.24) is 19.7 Å². The van der Waals surface area contributed by atoms with Gasteiger partial charge in [0, 0.05) is 18.0 Å². The van der Waals surface area contributed by atoms with Crippen molar-refractivity contribution < 1.29 is 0 Å². The number of rotatable bonds is 4. The lowest BCUT2D eigenvalue weighted by molar-refractivity contribution is 0.301. The summed E-state index contributed by atoms with van der Waals surface area (Å²) in [5, 5.41) is 8.50. The number of anilines is 1. The van der Waals surface area contributed by atoms with Gasteiger partial charge in [-0.05, 0) is 44.6 Å². The molecule has 24 heavy (non-hydrogen) atoms. The van der Waals surface area contributed by atoms with Crippen LogP contribution in [0.4, 0.5) is 5.95 Å². The molecule has 2 fully saturated rings. The lowest BCUT2D eigenvalue weighted by atomic mass is 9.91. The second kappa shape index (κ2) is 6.51. The Kier molecular flexibility index (Phi) is 4.22. The fourth-order valence-corrected chi connectivity index (χ4v) is 3.43. The first-order valence-electron chi connectivity index (χ1n) is 8.53. The Morgan fingerprint density at radius 2 is 1.75 bits per heavy atom. The summed E-state index contributed by atoms with van der Waals surface area (Å²) in [5.41, 5.74) is 1.08. The van der Waals surface area contributed by atoms with E-state index in [1.807, 2.05) is 6.07 Å². The van der Waals surface area contributed by atoms with Crippen LogP contribution in [0.25, 0.3) is 0 Å². The average molecular weight is 346 g/mol. The highest BCUT2D eigenvalue weighted by Gasteiger charge is 2.28. The van der Waals surface area contributed by atoms with Crippen molar-refractivity contribution in [2.45, 2.75) is 56.5 Å². The zero-order chi connectivity index (χ0) is 16.5. The zero-order valence-corrected chi connectivity index (χ0v) is 14.1. The zero-order valence-electron chi connectivity index (χ0n) is 13.4. The van der Waals surface area contributed by atoms with Crippen molar-refractivity contribution in [2.75, 3.05) is 5.32 Å². The molecule has 0 spiro atoms. The standard InChI is InChI=1S/C17H20ClN5O/c18-12-9-19-17(20-10-12)21-13-3-5-14(6-4-13)23-16(24)8-7-15(22-23)11-1-2-11/h7-11,13-14H,1-6H2,(H,19,20,21). The van der Waals surface area contributed by atoms with Crippen LogP contribution >= 0.6 is 11.6 Å². The van der Waals surface area contributed by atoms with Crippen LogP contribution in [-0.4, -0.2) is 25.8 Å². The smallest absolute Gasteiger partial charge is 0.267 e. The summed E-state index contributed by atoms with van der Waals surface area (Å²) in [6.45, 7) is 0. The van der Waals surface area contributed by atoms with Gasteiger partial charge in [-0.3, -0.25) is 4.79 Å². The Morgan fingerprint density at radius 1 is 1.04 bits per heavy atom. The summed E-state index contributed by atoms with van der Waals surface area (Å²) >= 11 is 5.80. The number of aromatic nitrogens is 4. The topological polar surface area (TPSA) is 72.7 Å². The van der Waals surface area contributed by atoms with Gasteiger partial charge >= 0.3 is 0 Å². The lowest BCUT2D eigenvalue weighted by Crippen LogP contribution is -2.33. The number of halogens is 1. The number of nitrogens with zero attached hydrogens (tertiary/aromatic N) is 4. The average Bonchev–Trinajstić information content (AvgIpc) is 3.43. The van der Waals surface area contributed by atoms with Crippen molar-refractivity contribution in [1.29, 1.82) is 0 Å². The van der Waals surface area contributed by atoms with Crippen LogP contribution in [-0.2, 0) is 0 Å². The molecule has 6 nitrogen and oxygen atoms in total. The maximum atomic E-state index is 12.2. The van der Waals surface area contributed by atoms with Gasteiger partial charge in [0.05, 0.1) is 29.2 Å². The largest absolute Gasteiger partial charge is 0.351 e. The number of nitrogens with one attached hydrogen (secondary N) is 1. The SMILES string of the molecule is O=c1ccc(C2CC2)nn1C1CCC(Nc2ncc(Cl)cn2)CC1. The molecule has 2 aromatic heterocycles. The van der Waals surface area contributed by atoms with E-state index in [-0.39, 0.29) is 11.6 Å². The Hall–Kier alpha value is -1.95. The van der Waals surface area contributed by atoms with Crippen molar-refractivity contribution in [3.05, 3.63) is 45.6 Å². The van der Waals surface area contributed by atoms with Gasteiger partial charge in [0.25, 0.3) is 5.56 Å². The molecule has 126 valence electrons.